The smallest absolute Gasteiger partial charge is 0.417 e. The van der Waals surface area contributed by atoms with Crippen LogP contribution in [0.25, 0.3) is 22.3 Å². The molecule has 3 aromatic carbocycles. The lowest BCUT2D eigenvalue weighted by molar-refractivity contribution is -0.179. The first kappa shape index (κ1) is 55.9. The molecule has 0 aliphatic carbocycles. The second kappa shape index (κ2) is 29.3. The van der Waals surface area contributed by atoms with E-state index < -0.39 is 79.3 Å². The van der Waals surface area contributed by atoms with Crippen molar-refractivity contribution in [2.75, 3.05) is 73.7 Å². The van der Waals surface area contributed by atoms with Gasteiger partial charge in [-0.1, -0.05) is 76.1 Å². The minimum atomic E-state index is -1.86. The highest BCUT2D eigenvalue weighted by atomic mass is 19.1. The first-order valence-electron chi connectivity index (χ1n) is 22.2. The fraction of sp³-hybridized carbons (Fsp3) is 0.451. The standard InChI is InChI=1S/C51H62F2O15/c1-8-9-10-11-12-14-36-16-18-37(19-17-36)40-28-41(52)44(42(53)29-40)39-20-21-43(38(27-39)15-13-22-62-45(54)34(2)3)65-30-51(31-66-46(55)35(4)5,32-67-49(58)47(56)63-25-23-60-6)33-68-50(59)48(57)64-26-24-61-7/h16-21,27-29H,2,4,8-15,22-26,30-33H2,1,3,5-7H3. The van der Waals surface area contributed by atoms with Gasteiger partial charge in [0, 0.05) is 25.4 Å². The highest BCUT2D eigenvalue weighted by Crippen LogP contribution is 2.35. The van der Waals surface area contributed by atoms with Gasteiger partial charge in [-0.3, -0.25) is 0 Å². The number of carbonyl (C=O) groups is 6. The number of hydrogen-bond acceptors (Lipinski definition) is 15. The van der Waals surface area contributed by atoms with Crippen molar-refractivity contribution >= 4 is 35.8 Å². The summed E-state index contributed by atoms with van der Waals surface area (Å²) >= 11 is 0. The Balaban J connectivity index is 2.03. The van der Waals surface area contributed by atoms with Crippen LogP contribution >= 0.6 is 0 Å². The second-order valence-electron chi connectivity index (χ2n) is 16.1. The Morgan fingerprint density at radius 3 is 1.53 bits per heavy atom. The topological polar surface area (TPSA) is 185 Å². The molecule has 0 amide bonds. The highest BCUT2D eigenvalue weighted by molar-refractivity contribution is 6.30. The van der Waals surface area contributed by atoms with Crippen molar-refractivity contribution in [3.8, 4) is 28.0 Å². The zero-order valence-corrected chi connectivity index (χ0v) is 39.5. The molecule has 3 rings (SSSR count). The van der Waals surface area contributed by atoms with Gasteiger partial charge in [0.05, 0.1) is 25.4 Å². The fourth-order valence-electron chi connectivity index (χ4n) is 6.36. The zero-order chi connectivity index (χ0) is 50.1. The second-order valence-corrected chi connectivity index (χ2v) is 16.1. The van der Waals surface area contributed by atoms with Crippen LogP contribution in [-0.4, -0.2) is 109 Å². The molecule has 0 aliphatic heterocycles. The summed E-state index contributed by atoms with van der Waals surface area (Å²) in [7, 11) is 2.70. The largest absolute Gasteiger partial charge is 0.492 e. The van der Waals surface area contributed by atoms with Crippen molar-refractivity contribution < 1.29 is 80.2 Å². The average Bonchev–Trinajstić information content (AvgIpc) is 3.32. The van der Waals surface area contributed by atoms with Crippen molar-refractivity contribution in [3.05, 3.63) is 102 Å². The van der Waals surface area contributed by atoms with Crippen LogP contribution in [0.15, 0.2) is 78.9 Å². The molecule has 0 saturated carbocycles. The van der Waals surface area contributed by atoms with E-state index in [2.05, 4.69) is 20.1 Å². The third-order valence-corrected chi connectivity index (χ3v) is 10.2. The summed E-state index contributed by atoms with van der Waals surface area (Å²) in [6, 6.07) is 14.4. The number of halogens is 2. The van der Waals surface area contributed by atoms with Gasteiger partial charge in [-0.05, 0) is 91.6 Å². The molecular weight excluding hydrogens is 891 g/mol. The quantitative estimate of drug-likeness (QED) is 0.0216. The van der Waals surface area contributed by atoms with Crippen LogP contribution in [0.5, 0.6) is 5.75 Å². The van der Waals surface area contributed by atoms with Crippen molar-refractivity contribution in [3.63, 3.8) is 0 Å². The number of rotatable bonds is 29. The number of unbranched alkanes of at least 4 members (excludes halogenated alkanes) is 4. The van der Waals surface area contributed by atoms with Crippen LogP contribution in [0, 0.1) is 17.0 Å². The van der Waals surface area contributed by atoms with E-state index in [0.717, 1.165) is 31.2 Å². The molecule has 3 aromatic rings. The lowest BCUT2D eigenvalue weighted by Crippen LogP contribution is -2.45. The van der Waals surface area contributed by atoms with E-state index in [9.17, 15) is 28.8 Å². The van der Waals surface area contributed by atoms with Gasteiger partial charge >= 0.3 is 35.8 Å². The normalized spacial score (nSPS) is 11.0. The van der Waals surface area contributed by atoms with Gasteiger partial charge in [0.2, 0.25) is 0 Å². The molecule has 0 N–H and O–H groups in total. The highest BCUT2D eigenvalue weighted by Gasteiger charge is 2.39. The van der Waals surface area contributed by atoms with Crippen LogP contribution in [0.3, 0.4) is 0 Å². The molecule has 0 aliphatic rings. The predicted octanol–water partition coefficient (Wildman–Crippen LogP) is 7.81. The van der Waals surface area contributed by atoms with Gasteiger partial charge in [-0.15, -0.1) is 0 Å². The monoisotopic (exact) mass is 952 g/mol. The van der Waals surface area contributed by atoms with Gasteiger partial charge in [0.25, 0.3) is 0 Å². The Bertz CT molecular complexity index is 2140. The van der Waals surface area contributed by atoms with Gasteiger partial charge in [0.1, 0.15) is 62.4 Å². The minimum Gasteiger partial charge on any atom is -0.492 e. The van der Waals surface area contributed by atoms with Crippen molar-refractivity contribution in [1.29, 1.82) is 0 Å². The summed E-state index contributed by atoms with van der Waals surface area (Å²) in [5.41, 5.74) is 0.565. The molecule has 68 heavy (non-hydrogen) atoms. The summed E-state index contributed by atoms with van der Waals surface area (Å²) in [5.74, 6) is -8.85. The van der Waals surface area contributed by atoms with Crippen LogP contribution in [0.4, 0.5) is 8.78 Å². The summed E-state index contributed by atoms with van der Waals surface area (Å²) < 4.78 is 79.0. The molecule has 0 spiro atoms. The van der Waals surface area contributed by atoms with Gasteiger partial charge in [0.15, 0.2) is 0 Å². The van der Waals surface area contributed by atoms with Crippen molar-refractivity contribution in [2.45, 2.75) is 72.1 Å². The molecule has 0 aromatic heterocycles. The number of methoxy groups -OCH3 is 2. The molecule has 0 heterocycles. The maximum atomic E-state index is 16.1. The first-order valence-corrected chi connectivity index (χ1v) is 22.2. The van der Waals surface area contributed by atoms with E-state index in [4.69, 9.17) is 42.6 Å². The molecule has 17 heteroatoms. The fourth-order valence-corrected chi connectivity index (χ4v) is 6.36. The summed E-state index contributed by atoms with van der Waals surface area (Å²) in [5, 5.41) is 0. The first-order chi connectivity index (χ1) is 32.5. The molecule has 370 valence electrons. The Labute approximate surface area is 396 Å². The Morgan fingerprint density at radius 1 is 0.515 bits per heavy atom. The summed E-state index contributed by atoms with van der Waals surface area (Å²) in [6.07, 6.45) is 6.96. The number of benzene rings is 3. The van der Waals surface area contributed by atoms with Crippen molar-refractivity contribution in [2.24, 2.45) is 5.41 Å². The number of hydrogen-bond donors (Lipinski definition) is 0. The zero-order valence-electron chi connectivity index (χ0n) is 39.5. The molecule has 0 radical (unpaired) electrons. The number of aryl methyl sites for hydroxylation is 2. The molecule has 0 bridgehead atoms. The molecule has 0 atom stereocenters. The Hall–Kier alpha value is -6.46. The Morgan fingerprint density at radius 2 is 1.00 bits per heavy atom. The van der Waals surface area contributed by atoms with Crippen molar-refractivity contribution in [1.82, 2.24) is 0 Å². The molecular formula is C51H62F2O15. The number of carbonyl (C=O) groups excluding carboxylic acids is 6. The maximum Gasteiger partial charge on any atom is 0.417 e. The molecule has 0 unspecified atom stereocenters. The van der Waals surface area contributed by atoms with E-state index in [-0.39, 0.29) is 73.9 Å². The minimum absolute atomic E-state index is 0.0279. The summed E-state index contributed by atoms with van der Waals surface area (Å²) in [4.78, 5) is 75.3. The van der Waals surface area contributed by atoms with Gasteiger partial charge in [-0.25, -0.2) is 37.5 Å². The van der Waals surface area contributed by atoms with Gasteiger partial charge < -0.3 is 42.6 Å². The number of esters is 6. The summed E-state index contributed by atoms with van der Waals surface area (Å²) in [6.45, 7) is 8.50. The average molecular weight is 953 g/mol. The van der Waals surface area contributed by atoms with Crippen LogP contribution in [0.2, 0.25) is 0 Å². The maximum absolute atomic E-state index is 16.1. The lowest BCUT2D eigenvalue weighted by atomic mass is 9.91. The van der Waals surface area contributed by atoms with E-state index >= 15 is 8.78 Å². The third-order valence-electron chi connectivity index (χ3n) is 10.2. The van der Waals surface area contributed by atoms with Crippen LogP contribution < -0.4 is 4.74 Å². The van der Waals surface area contributed by atoms with Crippen LogP contribution in [0.1, 0.15) is 70.4 Å². The predicted molar refractivity (Wildman–Crippen MR) is 245 cm³/mol. The molecule has 0 saturated heterocycles. The molecule has 15 nitrogen and oxygen atoms in total. The Kier molecular flexibility index (Phi) is 24.1. The SMILES string of the molecule is C=C(C)C(=O)OCCCc1cc(-c2c(F)cc(-c3ccc(CCCCCCC)cc3)cc2F)ccc1OCC(COC(=O)C(=C)C)(COC(=O)C(=O)OCCOC)COC(=O)C(=O)OCCOC. The van der Waals surface area contributed by atoms with Crippen LogP contribution in [-0.2, 0) is 79.5 Å². The van der Waals surface area contributed by atoms with Gasteiger partial charge in [-0.2, -0.15) is 0 Å². The lowest BCUT2D eigenvalue weighted by Gasteiger charge is -2.32. The number of ether oxygens (including phenoxy) is 9. The van der Waals surface area contributed by atoms with E-state index in [1.54, 1.807) is 0 Å². The van der Waals surface area contributed by atoms with E-state index in [0.29, 0.717) is 16.7 Å². The van der Waals surface area contributed by atoms with E-state index in [1.807, 2.05) is 24.3 Å². The third kappa shape index (κ3) is 18.7. The molecule has 0 fully saturated rings. The van der Waals surface area contributed by atoms with E-state index in [1.165, 1.54) is 71.2 Å².